The van der Waals surface area contributed by atoms with E-state index in [0.29, 0.717) is 17.5 Å². The van der Waals surface area contributed by atoms with E-state index in [9.17, 15) is 0 Å². The summed E-state index contributed by atoms with van der Waals surface area (Å²) >= 11 is 5.75. The van der Waals surface area contributed by atoms with Gasteiger partial charge < -0.3 is 5.32 Å². The Hall–Kier alpha value is -1.75. The Bertz CT molecular complexity index is 459. The van der Waals surface area contributed by atoms with Crippen molar-refractivity contribution in [2.75, 3.05) is 12.4 Å². The molecular formula is C9H8ClN5. The van der Waals surface area contributed by atoms with Crippen LogP contribution in [0.5, 0.6) is 0 Å². The summed E-state index contributed by atoms with van der Waals surface area (Å²) in [6, 6.07) is 5.50. The molecule has 1 N–H and O–H groups in total. The van der Waals surface area contributed by atoms with Gasteiger partial charge in [-0.3, -0.25) is 4.98 Å². The molecule has 0 bridgehead atoms. The van der Waals surface area contributed by atoms with Gasteiger partial charge in [-0.1, -0.05) is 6.07 Å². The highest BCUT2D eigenvalue weighted by Crippen LogP contribution is 2.14. The summed E-state index contributed by atoms with van der Waals surface area (Å²) in [6.07, 6.45) is 1.67. The number of halogens is 1. The molecule has 0 aliphatic rings. The molecule has 2 aromatic rings. The van der Waals surface area contributed by atoms with Crippen LogP contribution in [-0.2, 0) is 0 Å². The fourth-order valence-electron chi connectivity index (χ4n) is 1.07. The highest BCUT2D eigenvalue weighted by molar-refractivity contribution is 6.28. The molecule has 2 heterocycles. The largest absolute Gasteiger partial charge is 0.357 e. The second kappa shape index (κ2) is 4.18. The van der Waals surface area contributed by atoms with Crippen molar-refractivity contribution in [3.8, 4) is 11.5 Å². The van der Waals surface area contributed by atoms with Crippen LogP contribution < -0.4 is 5.32 Å². The molecule has 0 aliphatic heterocycles. The molecule has 2 rings (SSSR count). The number of anilines is 1. The van der Waals surface area contributed by atoms with Gasteiger partial charge in [-0.25, -0.2) is 0 Å². The summed E-state index contributed by atoms with van der Waals surface area (Å²) in [6.45, 7) is 0. The first-order valence-corrected chi connectivity index (χ1v) is 4.68. The molecule has 0 radical (unpaired) electrons. The van der Waals surface area contributed by atoms with Gasteiger partial charge in [0.25, 0.3) is 0 Å². The summed E-state index contributed by atoms with van der Waals surface area (Å²) < 4.78 is 0. The lowest BCUT2D eigenvalue weighted by molar-refractivity contribution is 1.04. The zero-order valence-electron chi connectivity index (χ0n) is 7.98. The topological polar surface area (TPSA) is 63.6 Å². The van der Waals surface area contributed by atoms with E-state index in [1.165, 1.54) is 0 Å². The molecular weight excluding hydrogens is 214 g/mol. The monoisotopic (exact) mass is 221 g/mol. The van der Waals surface area contributed by atoms with Crippen LogP contribution in [-0.4, -0.2) is 27.0 Å². The number of nitrogens with zero attached hydrogens (tertiary/aromatic N) is 4. The third-order valence-corrected chi connectivity index (χ3v) is 1.89. The zero-order valence-corrected chi connectivity index (χ0v) is 8.73. The van der Waals surface area contributed by atoms with E-state index >= 15 is 0 Å². The first-order chi connectivity index (χ1) is 7.29. The number of rotatable bonds is 2. The Morgan fingerprint density at radius 1 is 1.20 bits per heavy atom. The predicted octanol–water partition coefficient (Wildman–Crippen LogP) is 1.63. The van der Waals surface area contributed by atoms with E-state index in [2.05, 4.69) is 25.3 Å². The fraction of sp³-hybridized carbons (Fsp3) is 0.111. The van der Waals surface area contributed by atoms with Gasteiger partial charge in [0, 0.05) is 13.2 Å². The fourth-order valence-corrected chi connectivity index (χ4v) is 1.23. The molecule has 0 atom stereocenters. The number of hydrogen-bond donors (Lipinski definition) is 1. The van der Waals surface area contributed by atoms with Gasteiger partial charge in [-0.15, -0.1) is 0 Å². The third kappa shape index (κ3) is 2.19. The number of pyridine rings is 1. The van der Waals surface area contributed by atoms with Crippen LogP contribution in [0.25, 0.3) is 11.5 Å². The molecule has 0 spiro atoms. The minimum absolute atomic E-state index is 0.148. The van der Waals surface area contributed by atoms with E-state index in [0.717, 1.165) is 0 Å². The van der Waals surface area contributed by atoms with Crippen LogP contribution in [0.1, 0.15) is 0 Å². The van der Waals surface area contributed by atoms with Crippen molar-refractivity contribution in [1.29, 1.82) is 0 Å². The van der Waals surface area contributed by atoms with E-state index in [4.69, 9.17) is 11.6 Å². The molecule has 15 heavy (non-hydrogen) atoms. The lowest BCUT2D eigenvalue weighted by atomic mass is 10.3. The average Bonchev–Trinajstić information content (AvgIpc) is 2.29. The molecule has 5 nitrogen and oxygen atoms in total. The van der Waals surface area contributed by atoms with E-state index < -0.39 is 0 Å². The van der Waals surface area contributed by atoms with Gasteiger partial charge >= 0.3 is 0 Å². The minimum Gasteiger partial charge on any atom is -0.357 e. The molecule has 0 unspecified atom stereocenters. The minimum atomic E-state index is 0.148. The zero-order chi connectivity index (χ0) is 10.7. The van der Waals surface area contributed by atoms with E-state index in [1.807, 2.05) is 18.2 Å². The Labute approximate surface area is 91.6 Å². The standard InChI is InChI=1S/C9H8ClN5/c1-11-9-14-7(13-8(10)15-9)6-4-2-3-5-12-6/h2-5H,1H3,(H,11,13,14,15). The van der Waals surface area contributed by atoms with E-state index in [1.54, 1.807) is 13.2 Å². The first kappa shape index (κ1) is 9.79. The number of nitrogens with one attached hydrogen (secondary N) is 1. The van der Waals surface area contributed by atoms with Crippen LogP contribution in [0.3, 0.4) is 0 Å². The maximum atomic E-state index is 5.75. The van der Waals surface area contributed by atoms with Crippen molar-refractivity contribution in [2.24, 2.45) is 0 Å². The maximum Gasteiger partial charge on any atom is 0.227 e. The first-order valence-electron chi connectivity index (χ1n) is 4.30. The number of hydrogen-bond acceptors (Lipinski definition) is 5. The molecule has 0 saturated heterocycles. The second-order valence-corrected chi connectivity index (χ2v) is 3.05. The molecule has 0 aromatic carbocycles. The molecule has 0 amide bonds. The van der Waals surface area contributed by atoms with Gasteiger partial charge in [0.1, 0.15) is 5.69 Å². The Kier molecular flexibility index (Phi) is 2.73. The van der Waals surface area contributed by atoms with Crippen LogP contribution in [0.2, 0.25) is 5.28 Å². The predicted molar refractivity (Wildman–Crippen MR) is 57.6 cm³/mol. The molecule has 76 valence electrons. The van der Waals surface area contributed by atoms with Crippen molar-refractivity contribution >= 4 is 17.5 Å². The van der Waals surface area contributed by atoms with Gasteiger partial charge in [0.2, 0.25) is 11.2 Å². The molecule has 0 saturated carbocycles. The maximum absolute atomic E-state index is 5.75. The van der Waals surface area contributed by atoms with Crippen molar-refractivity contribution in [3.63, 3.8) is 0 Å². The molecule has 6 heteroatoms. The highest BCUT2D eigenvalue weighted by atomic mass is 35.5. The molecule has 0 fully saturated rings. The summed E-state index contributed by atoms with van der Waals surface area (Å²) in [7, 11) is 1.72. The lowest BCUT2D eigenvalue weighted by Crippen LogP contribution is -2.01. The van der Waals surface area contributed by atoms with Crippen LogP contribution in [0.4, 0.5) is 5.95 Å². The van der Waals surface area contributed by atoms with Gasteiger partial charge in [0.15, 0.2) is 5.82 Å². The van der Waals surface area contributed by atoms with Gasteiger partial charge in [0.05, 0.1) is 0 Å². The van der Waals surface area contributed by atoms with Crippen molar-refractivity contribution in [1.82, 2.24) is 19.9 Å². The van der Waals surface area contributed by atoms with Crippen LogP contribution >= 0.6 is 11.6 Å². The Balaban J connectivity index is 2.49. The van der Waals surface area contributed by atoms with Gasteiger partial charge in [-0.2, -0.15) is 15.0 Å². The van der Waals surface area contributed by atoms with Crippen LogP contribution in [0.15, 0.2) is 24.4 Å². The smallest absolute Gasteiger partial charge is 0.227 e. The average molecular weight is 222 g/mol. The highest BCUT2D eigenvalue weighted by Gasteiger charge is 2.06. The summed E-state index contributed by atoms with van der Waals surface area (Å²) in [5, 5.41) is 2.95. The second-order valence-electron chi connectivity index (χ2n) is 2.72. The van der Waals surface area contributed by atoms with Crippen molar-refractivity contribution < 1.29 is 0 Å². The van der Waals surface area contributed by atoms with Crippen molar-refractivity contribution in [3.05, 3.63) is 29.7 Å². The SMILES string of the molecule is CNc1nc(Cl)nc(-c2ccccn2)n1. The normalized spacial score (nSPS) is 10.0. The van der Waals surface area contributed by atoms with Crippen molar-refractivity contribution in [2.45, 2.75) is 0 Å². The van der Waals surface area contributed by atoms with Crippen LogP contribution in [0, 0.1) is 0 Å². The summed E-state index contributed by atoms with van der Waals surface area (Å²) in [5.41, 5.74) is 0.665. The Morgan fingerprint density at radius 2 is 2.07 bits per heavy atom. The quantitative estimate of drug-likeness (QED) is 0.835. The molecule has 0 aliphatic carbocycles. The lowest BCUT2D eigenvalue weighted by Gasteiger charge is -2.02. The summed E-state index contributed by atoms with van der Waals surface area (Å²) in [5.74, 6) is 0.885. The molecule has 2 aromatic heterocycles. The summed E-state index contributed by atoms with van der Waals surface area (Å²) in [4.78, 5) is 16.1. The number of aromatic nitrogens is 4. The van der Waals surface area contributed by atoms with Gasteiger partial charge in [-0.05, 0) is 23.7 Å². The van der Waals surface area contributed by atoms with E-state index in [-0.39, 0.29) is 5.28 Å². The third-order valence-electron chi connectivity index (χ3n) is 1.73. The Morgan fingerprint density at radius 3 is 2.73 bits per heavy atom.